The Morgan fingerprint density at radius 1 is 0.714 bits per heavy atom. The Balaban J connectivity index is 1.11. The number of nitrogens with zero attached hydrogens (tertiary/aromatic N) is 4. The zero-order valence-corrected chi connectivity index (χ0v) is 20.5. The van der Waals surface area contributed by atoms with Crippen LogP contribution in [0.25, 0.3) is 0 Å². The fourth-order valence-electron chi connectivity index (χ4n) is 3.19. The van der Waals surface area contributed by atoms with E-state index in [4.69, 9.17) is 4.74 Å². The minimum atomic E-state index is -0.591. The van der Waals surface area contributed by atoms with Crippen molar-refractivity contribution in [3.05, 3.63) is 76.2 Å². The number of hydrogen-bond donors (Lipinski definition) is 2. The summed E-state index contributed by atoms with van der Waals surface area (Å²) in [5.74, 6) is 0.366. The topological polar surface area (TPSA) is 119 Å². The van der Waals surface area contributed by atoms with Crippen LogP contribution in [0.1, 0.15) is 34.8 Å². The van der Waals surface area contributed by atoms with Crippen LogP contribution >= 0.6 is 22.7 Å². The molecule has 4 aromatic rings. The molecule has 0 radical (unpaired) electrons. The molecule has 2 amide bonds. The van der Waals surface area contributed by atoms with Gasteiger partial charge in [0.1, 0.15) is 15.8 Å². The first-order chi connectivity index (χ1) is 17.1. The minimum Gasteiger partial charge on any atom is -0.410 e. The molecule has 0 aliphatic heterocycles. The zero-order chi connectivity index (χ0) is 24.3. The normalized spacial score (nSPS) is 10.6. The molecule has 2 aromatic heterocycles. The zero-order valence-electron chi connectivity index (χ0n) is 18.8. The molecular formula is C24H24N6O3S2. The molecule has 2 aromatic carbocycles. The second-order valence-corrected chi connectivity index (χ2v) is 9.72. The number of anilines is 2. The highest BCUT2D eigenvalue weighted by Gasteiger charge is 2.11. The van der Waals surface area contributed by atoms with Crippen molar-refractivity contribution in [2.45, 2.75) is 38.5 Å². The highest BCUT2D eigenvalue weighted by atomic mass is 32.1. The summed E-state index contributed by atoms with van der Waals surface area (Å²) in [5, 5.41) is 24.5. The number of nitrogens with one attached hydrogen (secondary N) is 2. The Morgan fingerprint density at radius 3 is 1.91 bits per heavy atom. The Bertz CT molecular complexity index is 1130. The summed E-state index contributed by atoms with van der Waals surface area (Å²) in [6.07, 6.45) is 4.21. The number of aryl methyl sites for hydroxylation is 2. The fourth-order valence-corrected chi connectivity index (χ4v) is 4.76. The summed E-state index contributed by atoms with van der Waals surface area (Å²) < 4.78 is 5.19. The predicted octanol–water partition coefficient (Wildman–Crippen LogP) is 5.14. The monoisotopic (exact) mass is 508 g/mol. The van der Waals surface area contributed by atoms with E-state index in [-0.39, 0.29) is 5.91 Å². The van der Waals surface area contributed by atoms with Gasteiger partial charge in [-0.3, -0.25) is 10.1 Å². The molecule has 180 valence electrons. The van der Waals surface area contributed by atoms with E-state index < -0.39 is 6.09 Å². The molecule has 9 nitrogen and oxygen atoms in total. The predicted molar refractivity (Wildman–Crippen MR) is 136 cm³/mol. The summed E-state index contributed by atoms with van der Waals surface area (Å²) >= 11 is 2.75. The SMILES string of the molecule is O=C(Cc1ccccc1)Nc1nnc(CCCCCc2nnc(NC(=O)Oc3ccccc3)s2)s1. The molecule has 0 saturated carbocycles. The third-order valence-corrected chi connectivity index (χ3v) is 6.63. The van der Waals surface area contributed by atoms with Gasteiger partial charge in [-0.25, -0.2) is 4.79 Å². The molecule has 2 heterocycles. The number of amides is 2. The lowest BCUT2D eigenvalue weighted by molar-refractivity contribution is -0.115. The molecule has 0 bridgehead atoms. The van der Waals surface area contributed by atoms with Crippen molar-refractivity contribution in [1.29, 1.82) is 0 Å². The fraction of sp³-hybridized carbons (Fsp3) is 0.250. The van der Waals surface area contributed by atoms with Crippen LogP contribution in [0.4, 0.5) is 15.1 Å². The lowest BCUT2D eigenvalue weighted by atomic mass is 10.1. The first-order valence-corrected chi connectivity index (χ1v) is 12.8. The highest BCUT2D eigenvalue weighted by molar-refractivity contribution is 7.15. The molecule has 0 spiro atoms. The number of ether oxygens (including phenoxy) is 1. The molecule has 35 heavy (non-hydrogen) atoms. The maximum absolute atomic E-state index is 12.2. The van der Waals surface area contributed by atoms with Crippen molar-refractivity contribution in [3.63, 3.8) is 0 Å². The molecule has 0 aliphatic rings. The second-order valence-electron chi connectivity index (χ2n) is 7.60. The quantitative estimate of drug-likeness (QED) is 0.269. The van der Waals surface area contributed by atoms with Gasteiger partial charge < -0.3 is 10.1 Å². The van der Waals surface area contributed by atoms with Gasteiger partial charge in [0.2, 0.25) is 16.2 Å². The number of carbonyl (C=O) groups excluding carboxylic acids is 2. The maximum atomic E-state index is 12.2. The van der Waals surface area contributed by atoms with E-state index >= 15 is 0 Å². The van der Waals surface area contributed by atoms with Crippen molar-refractivity contribution in [2.75, 3.05) is 10.6 Å². The summed E-state index contributed by atoms with van der Waals surface area (Å²) in [6, 6.07) is 18.4. The third kappa shape index (κ3) is 8.23. The number of carbonyl (C=O) groups is 2. The van der Waals surface area contributed by atoms with Gasteiger partial charge in [-0.1, -0.05) is 77.6 Å². The van der Waals surface area contributed by atoms with Crippen LogP contribution in [0.3, 0.4) is 0 Å². The number of unbranched alkanes of at least 4 members (excludes halogenated alkanes) is 2. The summed E-state index contributed by atoms with van der Waals surface area (Å²) in [5.41, 5.74) is 0.959. The third-order valence-electron chi connectivity index (χ3n) is 4.83. The van der Waals surface area contributed by atoms with Gasteiger partial charge in [0.05, 0.1) is 6.42 Å². The number of para-hydroxylation sites is 1. The Morgan fingerprint density at radius 2 is 1.29 bits per heavy atom. The number of hydrogen-bond acceptors (Lipinski definition) is 9. The number of rotatable bonds is 11. The van der Waals surface area contributed by atoms with E-state index in [1.807, 2.05) is 36.4 Å². The second kappa shape index (κ2) is 12.7. The van der Waals surface area contributed by atoms with Crippen LogP contribution in [0.2, 0.25) is 0 Å². The first-order valence-electron chi connectivity index (χ1n) is 11.2. The maximum Gasteiger partial charge on any atom is 0.418 e. The summed E-state index contributed by atoms with van der Waals surface area (Å²) in [6.45, 7) is 0. The highest BCUT2D eigenvalue weighted by Crippen LogP contribution is 2.20. The first kappa shape index (κ1) is 24.4. The van der Waals surface area contributed by atoms with Gasteiger partial charge in [0.25, 0.3) is 0 Å². The molecule has 4 rings (SSSR count). The Hall–Kier alpha value is -3.70. The van der Waals surface area contributed by atoms with Crippen LogP contribution in [-0.2, 0) is 24.1 Å². The lowest BCUT2D eigenvalue weighted by Gasteiger charge is -2.02. The molecule has 0 saturated heterocycles. The molecular weight excluding hydrogens is 484 g/mol. The van der Waals surface area contributed by atoms with E-state index in [9.17, 15) is 9.59 Å². The molecule has 2 N–H and O–H groups in total. The summed E-state index contributed by atoms with van der Waals surface area (Å²) in [7, 11) is 0. The van der Waals surface area contributed by atoms with Crippen molar-refractivity contribution in [3.8, 4) is 5.75 Å². The molecule has 0 fully saturated rings. The smallest absolute Gasteiger partial charge is 0.410 e. The van der Waals surface area contributed by atoms with Gasteiger partial charge in [0.15, 0.2) is 0 Å². The standard InChI is InChI=1S/C24H24N6O3S2/c31-19(16-17-10-4-1-5-11-17)25-22-29-27-20(34-22)14-8-3-9-15-21-28-30-23(35-21)26-24(32)33-18-12-6-2-7-13-18/h1-2,4-7,10-13H,3,8-9,14-16H2,(H,25,29,31)(H,26,30,32). The van der Waals surface area contributed by atoms with Crippen molar-refractivity contribution < 1.29 is 14.3 Å². The van der Waals surface area contributed by atoms with Crippen molar-refractivity contribution >= 4 is 44.9 Å². The van der Waals surface area contributed by atoms with Gasteiger partial charge in [-0.05, 0) is 30.5 Å². The minimum absolute atomic E-state index is 0.0989. The number of aromatic nitrogens is 4. The van der Waals surface area contributed by atoms with Crippen molar-refractivity contribution in [1.82, 2.24) is 20.4 Å². The van der Waals surface area contributed by atoms with E-state index in [2.05, 4.69) is 31.0 Å². The summed E-state index contributed by atoms with van der Waals surface area (Å²) in [4.78, 5) is 24.1. The average Bonchev–Trinajstić information content (AvgIpc) is 3.49. The van der Waals surface area contributed by atoms with Gasteiger partial charge in [-0.2, -0.15) is 0 Å². The van der Waals surface area contributed by atoms with E-state index in [0.29, 0.717) is 22.4 Å². The van der Waals surface area contributed by atoms with Crippen LogP contribution in [0, 0.1) is 0 Å². The van der Waals surface area contributed by atoms with Gasteiger partial charge >= 0.3 is 6.09 Å². The van der Waals surface area contributed by atoms with E-state index in [1.54, 1.807) is 24.3 Å². The average molecular weight is 509 g/mol. The van der Waals surface area contributed by atoms with Crippen LogP contribution < -0.4 is 15.4 Å². The van der Waals surface area contributed by atoms with Crippen LogP contribution in [0.15, 0.2) is 60.7 Å². The van der Waals surface area contributed by atoms with Crippen LogP contribution in [0.5, 0.6) is 5.75 Å². The Kier molecular flexibility index (Phi) is 8.85. The molecule has 11 heteroatoms. The van der Waals surface area contributed by atoms with Gasteiger partial charge in [0, 0.05) is 12.8 Å². The van der Waals surface area contributed by atoms with Crippen molar-refractivity contribution in [2.24, 2.45) is 0 Å². The largest absolute Gasteiger partial charge is 0.418 e. The molecule has 0 unspecified atom stereocenters. The van der Waals surface area contributed by atoms with Crippen LogP contribution in [-0.4, -0.2) is 32.4 Å². The molecule has 0 atom stereocenters. The number of benzene rings is 2. The van der Waals surface area contributed by atoms with Gasteiger partial charge in [-0.15, -0.1) is 20.4 Å². The van der Waals surface area contributed by atoms with E-state index in [1.165, 1.54) is 22.7 Å². The van der Waals surface area contributed by atoms with E-state index in [0.717, 1.165) is 47.7 Å². The Labute approximate surface area is 210 Å². The molecule has 0 aliphatic carbocycles. The lowest BCUT2D eigenvalue weighted by Crippen LogP contribution is -2.16.